The van der Waals surface area contributed by atoms with Crippen LogP contribution in [0.2, 0.25) is 0 Å². The molecule has 0 aliphatic heterocycles. The zero-order valence-electron chi connectivity index (χ0n) is 12.0. The molecular weight excluding hydrogens is 222 g/mol. The normalized spacial score (nSPS) is 12.0. The first-order chi connectivity index (χ1) is 8.81. The summed E-state index contributed by atoms with van der Waals surface area (Å²) >= 11 is 0. The zero-order chi connectivity index (χ0) is 13.5. The summed E-state index contributed by atoms with van der Waals surface area (Å²) in [4.78, 5) is 0. The standard InChI is InChI=1S/C15H33N3/c16-13-9-7-5-3-1-2-4-6-8-11-15(18)12-10-14-17/h11H,1-10,12-14,16-18H2. The zero-order valence-corrected chi connectivity index (χ0v) is 12.0. The van der Waals surface area contributed by atoms with E-state index >= 15 is 0 Å². The lowest BCUT2D eigenvalue weighted by Crippen LogP contribution is -2.03. The van der Waals surface area contributed by atoms with Gasteiger partial charge < -0.3 is 17.2 Å². The molecule has 0 aromatic heterocycles. The minimum absolute atomic E-state index is 0.735. The fourth-order valence-electron chi connectivity index (χ4n) is 2.05. The molecule has 0 saturated carbocycles. The molecule has 0 aromatic rings. The molecule has 0 radical (unpaired) electrons. The molecule has 0 aliphatic rings. The van der Waals surface area contributed by atoms with Crippen LogP contribution in [0.15, 0.2) is 11.8 Å². The van der Waals surface area contributed by atoms with Crippen LogP contribution in [0, 0.1) is 0 Å². The van der Waals surface area contributed by atoms with Crippen LogP contribution >= 0.6 is 0 Å². The molecule has 0 spiro atoms. The lowest BCUT2D eigenvalue weighted by molar-refractivity contribution is 0.571. The topological polar surface area (TPSA) is 78.1 Å². The molecule has 0 bridgehead atoms. The Bertz CT molecular complexity index is 190. The lowest BCUT2D eigenvalue weighted by Gasteiger charge is -2.02. The van der Waals surface area contributed by atoms with Crippen LogP contribution in [0.25, 0.3) is 0 Å². The summed E-state index contributed by atoms with van der Waals surface area (Å²) in [5.41, 5.74) is 17.8. The lowest BCUT2D eigenvalue weighted by atomic mass is 10.1. The number of allylic oxidation sites excluding steroid dienone is 2. The largest absolute Gasteiger partial charge is 0.402 e. The summed E-state index contributed by atoms with van der Waals surface area (Å²) in [6.07, 6.45) is 15.8. The van der Waals surface area contributed by atoms with Crippen molar-refractivity contribution in [2.45, 2.75) is 70.6 Å². The fourth-order valence-corrected chi connectivity index (χ4v) is 2.05. The van der Waals surface area contributed by atoms with Crippen LogP contribution in [0.1, 0.15) is 70.6 Å². The van der Waals surface area contributed by atoms with E-state index in [2.05, 4.69) is 6.08 Å². The summed E-state index contributed by atoms with van der Waals surface area (Å²) < 4.78 is 0. The molecule has 0 saturated heterocycles. The van der Waals surface area contributed by atoms with Gasteiger partial charge in [-0.2, -0.15) is 0 Å². The van der Waals surface area contributed by atoms with Crippen molar-refractivity contribution in [2.75, 3.05) is 13.1 Å². The van der Waals surface area contributed by atoms with Crippen LogP contribution in [-0.4, -0.2) is 13.1 Å². The van der Waals surface area contributed by atoms with Crippen molar-refractivity contribution in [1.82, 2.24) is 0 Å². The predicted molar refractivity (Wildman–Crippen MR) is 81.2 cm³/mol. The number of hydrogen-bond donors (Lipinski definition) is 3. The van der Waals surface area contributed by atoms with E-state index in [4.69, 9.17) is 17.2 Å². The number of unbranched alkanes of at least 4 members (excludes halogenated alkanes) is 8. The van der Waals surface area contributed by atoms with Gasteiger partial charge in [-0.05, 0) is 45.2 Å². The van der Waals surface area contributed by atoms with Gasteiger partial charge in [0.15, 0.2) is 0 Å². The van der Waals surface area contributed by atoms with Gasteiger partial charge in [-0.1, -0.05) is 44.6 Å². The van der Waals surface area contributed by atoms with Crippen LogP contribution in [0.3, 0.4) is 0 Å². The van der Waals surface area contributed by atoms with Gasteiger partial charge in [-0.3, -0.25) is 0 Å². The summed E-state index contributed by atoms with van der Waals surface area (Å²) in [6.45, 7) is 1.58. The van der Waals surface area contributed by atoms with Crippen molar-refractivity contribution in [3.05, 3.63) is 11.8 Å². The Morgan fingerprint density at radius 2 is 1.17 bits per heavy atom. The molecular formula is C15H33N3. The minimum atomic E-state index is 0.735. The third-order valence-corrected chi connectivity index (χ3v) is 3.23. The van der Waals surface area contributed by atoms with E-state index in [1.165, 1.54) is 51.4 Å². The SMILES string of the molecule is NCCCCCCCCCCC=C(N)CCCN. The molecule has 108 valence electrons. The van der Waals surface area contributed by atoms with Crippen LogP contribution in [0.4, 0.5) is 0 Å². The van der Waals surface area contributed by atoms with Gasteiger partial charge in [-0.25, -0.2) is 0 Å². The Balaban J connectivity index is 3.15. The Labute approximate surface area is 113 Å². The highest BCUT2D eigenvalue weighted by atomic mass is 14.6. The molecule has 0 aliphatic carbocycles. The van der Waals surface area contributed by atoms with E-state index in [0.29, 0.717) is 0 Å². The predicted octanol–water partition coefficient (Wildman–Crippen LogP) is 3.04. The van der Waals surface area contributed by atoms with E-state index in [9.17, 15) is 0 Å². The average Bonchev–Trinajstić information content (AvgIpc) is 2.38. The third kappa shape index (κ3) is 13.5. The maximum atomic E-state index is 5.86. The van der Waals surface area contributed by atoms with Crippen molar-refractivity contribution < 1.29 is 0 Å². The smallest absolute Gasteiger partial charge is 0.00404 e. The van der Waals surface area contributed by atoms with Gasteiger partial charge in [0.1, 0.15) is 0 Å². The Kier molecular flexibility index (Phi) is 14.1. The van der Waals surface area contributed by atoms with Crippen LogP contribution in [-0.2, 0) is 0 Å². The molecule has 3 heteroatoms. The molecule has 0 aromatic carbocycles. The second kappa shape index (κ2) is 14.5. The van der Waals surface area contributed by atoms with Crippen LogP contribution < -0.4 is 17.2 Å². The van der Waals surface area contributed by atoms with Crippen molar-refractivity contribution in [2.24, 2.45) is 17.2 Å². The molecule has 0 rings (SSSR count). The van der Waals surface area contributed by atoms with E-state index < -0.39 is 0 Å². The monoisotopic (exact) mass is 255 g/mol. The summed E-state index contributed by atoms with van der Waals surface area (Å²) in [7, 11) is 0. The second-order valence-electron chi connectivity index (χ2n) is 5.08. The molecule has 0 unspecified atom stereocenters. The van der Waals surface area contributed by atoms with Gasteiger partial charge >= 0.3 is 0 Å². The maximum absolute atomic E-state index is 5.86. The highest BCUT2D eigenvalue weighted by molar-refractivity contribution is 4.95. The molecule has 0 atom stereocenters. The van der Waals surface area contributed by atoms with Crippen molar-refractivity contribution in [3.8, 4) is 0 Å². The molecule has 0 heterocycles. The van der Waals surface area contributed by atoms with Crippen molar-refractivity contribution in [3.63, 3.8) is 0 Å². The molecule has 0 amide bonds. The van der Waals surface area contributed by atoms with Crippen LogP contribution in [0.5, 0.6) is 0 Å². The Morgan fingerprint density at radius 3 is 1.72 bits per heavy atom. The number of nitrogens with two attached hydrogens (primary N) is 3. The second-order valence-corrected chi connectivity index (χ2v) is 5.08. The first-order valence-corrected chi connectivity index (χ1v) is 7.66. The average molecular weight is 255 g/mol. The van der Waals surface area contributed by atoms with E-state index in [1.54, 1.807) is 0 Å². The summed E-state index contributed by atoms with van der Waals surface area (Å²) in [5.74, 6) is 0. The van der Waals surface area contributed by atoms with Gasteiger partial charge in [0.2, 0.25) is 0 Å². The minimum Gasteiger partial charge on any atom is -0.402 e. The number of hydrogen-bond acceptors (Lipinski definition) is 3. The van der Waals surface area contributed by atoms with Gasteiger partial charge in [0.05, 0.1) is 0 Å². The van der Waals surface area contributed by atoms with Crippen molar-refractivity contribution in [1.29, 1.82) is 0 Å². The quantitative estimate of drug-likeness (QED) is 0.443. The maximum Gasteiger partial charge on any atom is 0.00404 e. The first-order valence-electron chi connectivity index (χ1n) is 7.66. The first kappa shape index (κ1) is 17.5. The summed E-state index contributed by atoms with van der Waals surface area (Å²) in [6, 6.07) is 0. The third-order valence-electron chi connectivity index (χ3n) is 3.23. The highest BCUT2D eigenvalue weighted by Gasteiger charge is 1.93. The molecule has 3 nitrogen and oxygen atoms in total. The van der Waals surface area contributed by atoms with Gasteiger partial charge in [0.25, 0.3) is 0 Å². The van der Waals surface area contributed by atoms with Gasteiger partial charge in [-0.15, -0.1) is 0 Å². The molecule has 6 N–H and O–H groups in total. The Morgan fingerprint density at radius 1 is 0.667 bits per heavy atom. The summed E-state index contributed by atoms with van der Waals surface area (Å²) in [5, 5.41) is 0. The van der Waals surface area contributed by atoms with E-state index in [0.717, 1.165) is 38.0 Å². The fraction of sp³-hybridized carbons (Fsp3) is 0.867. The van der Waals surface area contributed by atoms with Crippen molar-refractivity contribution >= 4 is 0 Å². The molecule has 18 heavy (non-hydrogen) atoms. The van der Waals surface area contributed by atoms with Gasteiger partial charge in [0, 0.05) is 5.70 Å². The van der Waals surface area contributed by atoms with E-state index in [1.807, 2.05) is 0 Å². The number of rotatable bonds is 13. The Hall–Kier alpha value is -0.540. The highest BCUT2D eigenvalue weighted by Crippen LogP contribution is 2.10. The van der Waals surface area contributed by atoms with E-state index in [-0.39, 0.29) is 0 Å². The molecule has 0 fully saturated rings.